The van der Waals surface area contributed by atoms with Gasteiger partial charge in [-0.15, -0.1) is 0 Å². The summed E-state index contributed by atoms with van der Waals surface area (Å²) in [6.07, 6.45) is 0.518. The molecule has 0 amide bonds. The highest BCUT2D eigenvalue weighted by molar-refractivity contribution is 7.89. The van der Waals surface area contributed by atoms with E-state index >= 15 is 0 Å². The molecule has 0 unspecified atom stereocenters. The molecule has 0 fully saturated rings. The van der Waals surface area contributed by atoms with Crippen molar-refractivity contribution in [2.75, 3.05) is 20.2 Å². The number of esters is 1. The molecule has 0 saturated carbocycles. The van der Waals surface area contributed by atoms with Gasteiger partial charge in [0, 0.05) is 6.54 Å². The lowest BCUT2D eigenvalue weighted by Crippen LogP contribution is -2.37. The van der Waals surface area contributed by atoms with Gasteiger partial charge in [0.2, 0.25) is 10.0 Å². The van der Waals surface area contributed by atoms with Gasteiger partial charge in [-0.3, -0.25) is 4.79 Å². The molecule has 23 heavy (non-hydrogen) atoms. The van der Waals surface area contributed by atoms with Crippen LogP contribution in [0.4, 0.5) is 0 Å². The third-order valence-corrected chi connectivity index (χ3v) is 5.27. The molecule has 2 aromatic rings. The molecule has 0 N–H and O–H groups in total. The quantitative estimate of drug-likeness (QED) is 0.728. The Labute approximate surface area is 136 Å². The van der Waals surface area contributed by atoms with Gasteiger partial charge in [-0.05, 0) is 24.1 Å². The third kappa shape index (κ3) is 4.64. The van der Waals surface area contributed by atoms with Crippen molar-refractivity contribution in [3.63, 3.8) is 0 Å². The average Bonchev–Trinajstić information content (AvgIpc) is 2.59. The zero-order valence-corrected chi connectivity index (χ0v) is 13.7. The van der Waals surface area contributed by atoms with Gasteiger partial charge in [0.05, 0.1) is 12.0 Å². The largest absolute Gasteiger partial charge is 0.468 e. The maximum absolute atomic E-state index is 12.7. The number of ether oxygens (including phenoxy) is 1. The Morgan fingerprint density at radius 3 is 2.13 bits per heavy atom. The van der Waals surface area contributed by atoms with Gasteiger partial charge in [-0.25, -0.2) is 8.42 Å². The van der Waals surface area contributed by atoms with E-state index in [1.165, 1.54) is 19.2 Å². The van der Waals surface area contributed by atoms with E-state index in [1.807, 2.05) is 30.3 Å². The van der Waals surface area contributed by atoms with Crippen molar-refractivity contribution in [2.24, 2.45) is 0 Å². The first-order valence-electron chi connectivity index (χ1n) is 7.20. The van der Waals surface area contributed by atoms with Crippen LogP contribution in [0.2, 0.25) is 0 Å². The highest BCUT2D eigenvalue weighted by Crippen LogP contribution is 2.16. The Kier molecular flexibility index (Phi) is 5.90. The van der Waals surface area contributed by atoms with Crippen LogP contribution in [-0.4, -0.2) is 38.9 Å². The number of carbonyl (C=O) groups is 1. The first-order valence-corrected chi connectivity index (χ1v) is 8.64. The highest BCUT2D eigenvalue weighted by Gasteiger charge is 2.26. The fraction of sp³-hybridized carbons (Fsp3) is 0.235. The van der Waals surface area contributed by atoms with Gasteiger partial charge in [0.25, 0.3) is 0 Å². The number of hydrogen-bond acceptors (Lipinski definition) is 4. The SMILES string of the molecule is COC(=O)CN(CCc1ccccc1)S(=O)(=O)c1ccccc1. The van der Waals surface area contributed by atoms with E-state index < -0.39 is 16.0 Å². The van der Waals surface area contributed by atoms with Crippen LogP contribution in [0.25, 0.3) is 0 Å². The topological polar surface area (TPSA) is 63.7 Å². The van der Waals surface area contributed by atoms with Crippen molar-refractivity contribution in [3.8, 4) is 0 Å². The summed E-state index contributed by atoms with van der Waals surface area (Å²) in [6, 6.07) is 17.6. The first-order chi connectivity index (χ1) is 11.0. The zero-order valence-electron chi connectivity index (χ0n) is 12.9. The van der Waals surface area contributed by atoms with Crippen LogP contribution in [-0.2, 0) is 26.0 Å². The van der Waals surface area contributed by atoms with E-state index in [0.29, 0.717) is 6.42 Å². The van der Waals surface area contributed by atoms with E-state index in [2.05, 4.69) is 4.74 Å². The Morgan fingerprint density at radius 1 is 1.00 bits per heavy atom. The fourth-order valence-electron chi connectivity index (χ4n) is 2.13. The Morgan fingerprint density at radius 2 is 1.57 bits per heavy atom. The van der Waals surface area contributed by atoms with Crippen LogP contribution < -0.4 is 0 Å². The smallest absolute Gasteiger partial charge is 0.321 e. The lowest BCUT2D eigenvalue weighted by molar-refractivity contribution is -0.140. The second-order valence-electron chi connectivity index (χ2n) is 4.96. The Hall–Kier alpha value is -2.18. The molecule has 0 aliphatic rings. The summed E-state index contributed by atoms with van der Waals surface area (Å²) in [5.74, 6) is -0.586. The second-order valence-corrected chi connectivity index (χ2v) is 6.90. The number of methoxy groups -OCH3 is 1. The first kappa shape index (κ1) is 17.2. The molecular formula is C17H19NO4S. The molecule has 0 saturated heterocycles. The number of carbonyl (C=O) groups excluding carboxylic acids is 1. The molecule has 2 rings (SSSR count). The molecule has 0 heterocycles. The van der Waals surface area contributed by atoms with Gasteiger partial charge >= 0.3 is 5.97 Å². The Balaban J connectivity index is 2.21. The molecule has 0 aliphatic heterocycles. The molecule has 122 valence electrons. The van der Waals surface area contributed by atoms with Gasteiger partial charge in [0.1, 0.15) is 6.54 Å². The minimum atomic E-state index is -3.74. The Bertz CT molecular complexity index is 730. The monoisotopic (exact) mass is 333 g/mol. The lowest BCUT2D eigenvalue weighted by atomic mass is 10.1. The van der Waals surface area contributed by atoms with Crippen LogP contribution >= 0.6 is 0 Å². The highest BCUT2D eigenvalue weighted by atomic mass is 32.2. The molecule has 0 bridgehead atoms. The molecule has 2 aromatic carbocycles. The van der Waals surface area contributed by atoms with Gasteiger partial charge in [0.15, 0.2) is 0 Å². The number of benzene rings is 2. The van der Waals surface area contributed by atoms with Crippen LogP contribution in [0.5, 0.6) is 0 Å². The summed E-state index contributed by atoms with van der Waals surface area (Å²) in [5.41, 5.74) is 1.01. The lowest BCUT2D eigenvalue weighted by Gasteiger charge is -2.21. The zero-order chi connectivity index (χ0) is 16.7. The molecule has 0 aromatic heterocycles. The molecule has 6 heteroatoms. The van der Waals surface area contributed by atoms with E-state index in [4.69, 9.17) is 0 Å². The fourth-order valence-corrected chi connectivity index (χ4v) is 3.54. The van der Waals surface area contributed by atoms with Crippen molar-refractivity contribution < 1.29 is 17.9 Å². The number of sulfonamides is 1. The summed E-state index contributed by atoms with van der Waals surface area (Å²) in [6.45, 7) is -0.100. The molecule has 0 spiro atoms. The predicted octanol–water partition coefficient (Wildman–Crippen LogP) is 2.09. The number of rotatable bonds is 7. The van der Waals surface area contributed by atoms with Gasteiger partial charge in [-0.1, -0.05) is 48.5 Å². The van der Waals surface area contributed by atoms with Crippen LogP contribution in [0.1, 0.15) is 5.56 Å². The van der Waals surface area contributed by atoms with Crippen molar-refractivity contribution in [1.82, 2.24) is 4.31 Å². The number of nitrogens with zero attached hydrogens (tertiary/aromatic N) is 1. The molecular weight excluding hydrogens is 314 g/mol. The van der Waals surface area contributed by atoms with Gasteiger partial charge in [-0.2, -0.15) is 4.31 Å². The summed E-state index contributed by atoms with van der Waals surface area (Å²) in [4.78, 5) is 11.7. The summed E-state index contributed by atoms with van der Waals surface area (Å²) < 4.78 is 31.2. The van der Waals surface area contributed by atoms with Crippen molar-refractivity contribution >= 4 is 16.0 Å². The third-order valence-electron chi connectivity index (χ3n) is 3.41. The van der Waals surface area contributed by atoms with Crippen LogP contribution in [0.3, 0.4) is 0 Å². The van der Waals surface area contributed by atoms with Crippen molar-refractivity contribution in [3.05, 3.63) is 66.2 Å². The summed E-state index contributed by atoms with van der Waals surface area (Å²) in [5, 5.41) is 0. The van der Waals surface area contributed by atoms with Gasteiger partial charge < -0.3 is 4.74 Å². The predicted molar refractivity (Wildman–Crippen MR) is 87.4 cm³/mol. The van der Waals surface area contributed by atoms with Crippen LogP contribution in [0, 0.1) is 0 Å². The normalized spacial score (nSPS) is 11.4. The standard InChI is InChI=1S/C17H19NO4S/c1-22-17(19)14-18(13-12-15-8-4-2-5-9-15)23(20,21)16-10-6-3-7-11-16/h2-11H,12-14H2,1H3. The minimum Gasteiger partial charge on any atom is -0.468 e. The summed E-state index contributed by atoms with van der Waals surface area (Å²) >= 11 is 0. The van der Waals surface area contributed by atoms with Crippen molar-refractivity contribution in [2.45, 2.75) is 11.3 Å². The molecule has 5 nitrogen and oxygen atoms in total. The average molecular weight is 333 g/mol. The summed E-state index contributed by atoms with van der Waals surface area (Å²) in [7, 11) is -2.50. The van der Waals surface area contributed by atoms with E-state index in [-0.39, 0.29) is 18.0 Å². The minimum absolute atomic E-state index is 0.164. The maximum atomic E-state index is 12.7. The molecule has 0 radical (unpaired) electrons. The van der Waals surface area contributed by atoms with Crippen LogP contribution in [0.15, 0.2) is 65.6 Å². The maximum Gasteiger partial charge on any atom is 0.321 e. The second kappa shape index (κ2) is 7.89. The number of hydrogen-bond donors (Lipinski definition) is 0. The van der Waals surface area contributed by atoms with E-state index in [1.54, 1.807) is 18.2 Å². The molecule has 0 atom stereocenters. The van der Waals surface area contributed by atoms with E-state index in [0.717, 1.165) is 9.87 Å². The van der Waals surface area contributed by atoms with Crippen molar-refractivity contribution in [1.29, 1.82) is 0 Å². The molecule has 0 aliphatic carbocycles. The van der Waals surface area contributed by atoms with E-state index in [9.17, 15) is 13.2 Å².